The van der Waals surface area contributed by atoms with Gasteiger partial charge in [0.05, 0.1) is 20.3 Å². The quantitative estimate of drug-likeness (QED) is 0.561. The van der Waals surface area contributed by atoms with E-state index in [1.807, 2.05) is 12.1 Å². The molecule has 1 heterocycles. The highest BCUT2D eigenvalue weighted by Gasteiger charge is 2.34. The van der Waals surface area contributed by atoms with Crippen LogP contribution in [0.1, 0.15) is 23.6 Å². The first-order valence-corrected chi connectivity index (χ1v) is 8.00. The number of fused-ring (bicyclic) bond motifs is 1. The van der Waals surface area contributed by atoms with E-state index in [2.05, 4.69) is 13.2 Å². The summed E-state index contributed by atoms with van der Waals surface area (Å²) in [6, 6.07) is 3.28. The van der Waals surface area contributed by atoms with Gasteiger partial charge in [-0.2, -0.15) is 0 Å². The Bertz CT molecular complexity index is 683. The van der Waals surface area contributed by atoms with Gasteiger partial charge in [0.1, 0.15) is 6.61 Å². The lowest BCUT2D eigenvalue weighted by molar-refractivity contribution is -0.115. The maximum atomic E-state index is 12.4. The van der Waals surface area contributed by atoms with E-state index in [4.69, 9.17) is 14.2 Å². The molecule has 1 aliphatic rings. The Balaban J connectivity index is 2.43. The molecule has 0 bridgehead atoms. The number of rotatable bonds is 7. The lowest BCUT2D eigenvalue weighted by Crippen LogP contribution is -2.41. The lowest BCUT2D eigenvalue weighted by atomic mass is 9.89. The molecular formula is C19H23NO5. The van der Waals surface area contributed by atoms with E-state index >= 15 is 0 Å². The number of benzene rings is 1. The zero-order valence-electron chi connectivity index (χ0n) is 14.6. The maximum absolute atomic E-state index is 12.4. The van der Waals surface area contributed by atoms with Crippen molar-refractivity contribution < 1.29 is 23.8 Å². The smallest absolute Gasteiger partial charge is 0.410 e. The van der Waals surface area contributed by atoms with E-state index in [1.54, 1.807) is 19.1 Å². The van der Waals surface area contributed by atoms with Crippen LogP contribution in [0.4, 0.5) is 4.79 Å². The summed E-state index contributed by atoms with van der Waals surface area (Å²) in [4.78, 5) is 25.9. The number of methoxy groups -OCH3 is 2. The monoisotopic (exact) mass is 345 g/mol. The molecule has 0 aromatic heterocycles. The van der Waals surface area contributed by atoms with Crippen molar-refractivity contribution in [1.82, 2.24) is 4.90 Å². The van der Waals surface area contributed by atoms with E-state index in [0.29, 0.717) is 24.5 Å². The van der Waals surface area contributed by atoms with E-state index in [9.17, 15) is 9.59 Å². The third-order valence-corrected chi connectivity index (χ3v) is 4.18. The Labute approximate surface area is 147 Å². The minimum Gasteiger partial charge on any atom is -0.493 e. The predicted octanol–water partition coefficient (Wildman–Crippen LogP) is 3.07. The number of hydrogen-bond acceptors (Lipinski definition) is 5. The zero-order chi connectivity index (χ0) is 18.4. The third-order valence-electron chi connectivity index (χ3n) is 4.18. The number of carbonyl (C=O) groups excluding carboxylic acids is 2. The molecule has 2 rings (SSSR count). The largest absolute Gasteiger partial charge is 0.493 e. The van der Waals surface area contributed by atoms with Crippen LogP contribution in [0.25, 0.3) is 0 Å². The molecule has 1 amide bonds. The molecule has 0 radical (unpaired) electrons. The van der Waals surface area contributed by atoms with E-state index < -0.39 is 12.1 Å². The maximum Gasteiger partial charge on any atom is 0.410 e. The summed E-state index contributed by atoms with van der Waals surface area (Å²) in [5, 5.41) is 0. The van der Waals surface area contributed by atoms with Crippen molar-refractivity contribution in [3.05, 3.63) is 48.6 Å². The fraction of sp³-hybridized carbons (Fsp3) is 0.368. The fourth-order valence-corrected chi connectivity index (χ4v) is 2.95. The van der Waals surface area contributed by atoms with Crippen molar-refractivity contribution >= 4 is 11.9 Å². The van der Waals surface area contributed by atoms with Crippen LogP contribution < -0.4 is 9.47 Å². The Morgan fingerprint density at radius 2 is 1.92 bits per heavy atom. The molecule has 1 aromatic carbocycles. The van der Waals surface area contributed by atoms with Crippen molar-refractivity contribution in [2.75, 3.05) is 27.4 Å². The summed E-state index contributed by atoms with van der Waals surface area (Å²) in [5.41, 5.74) is 1.88. The van der Waals surface area contributed by atoms with E-state index in [-0.39, 0.29) is 18.8 Å². The SMILES string of the molecule is C=CCOC(=O)N1CCc2cc(OC)c(OC)cc2[C@@H]1CC(=O)C=C. The molecule has 1 atom stereocenters. The number of amides is 1. The van der Waals surface area contributed by atoms with Crippen LogP contribution in [0.2, 0.25) is 0 Å². The van der Waals surface area contributed by atoms with Crippen LogP contribution in [-0.2, 0) is 16.0 Å². The van der Waals surface area contributed by atoms with Gasteiger partial charge in [-0.05, 0) is 35.8 Å². The number of ketones is 1. The molecule has 1 aromatic rings. The first kappa shape index (κ1) is 18.6. The van der Waals surface area contributed by atoms with Crippen LogP contribution in [0, 0.1) is 0 Å². The lowest BCUT2D eigenvalue weighted by Gasteiger charge is -2.36. The molecule has 0 unspecified atom stereocenters. The highest BCUT2D eigenvalue weighted by molar-refractivity contribution is 5.90. The van der Waals surface area contributed by atoms with Crippen LogP contribution in [0.15, 0.2) is 37.4 Å². The van der Waals surface area contributed by atoms with Crippen LogP contribution in [0.3, 0.4) is 0 Å². The minimum absolute atomic E-state index is 0.121. The number of carbonyl (C=O) groups is 2. The van der Waals surface area contributed by atoms with Crippen LogP contribution >= 0.6 is 0 Å². The number of hydrogen-bond donors (Lipinski definition) is 0. The molecular weight excluding hydrogens is 322 g/mol. The van der Waals surface area contributed by atoms with E-state index in [1.165, 1.54) is 12.2 Å². The highest BCUT2D eigenvalue weighted by Crippen LogP contribution is 2.39. The summed E-state index contributed by atoms with van der Waals surface area (Å²) < 4.78 is 15.9. The third kappa shape index (κ3) is 4.02. The van der Waals surface area contributed by atoms with Crippen molar-refractivity contribution in [2.24, 2.45) is 0 Å². The molecule has 1 aliphatic heterocycles. The fourth-order valence-electron chi connectivity index (χ4n) is 2.95. The number of allylic oxidation sites excluding steroid dienone is 1. The first-order chi connectivity index (χ1) is 12.0. The van der Waals surface area contributed by atoms with Crippen molar-refractivity contribution in [3.8, 4) is 11.5 Å². The molecule has 6 nitrogen and oxygen atoms in total. The van der Waals surface area contributed by atoms with Crippen LogP contribution in [0.5, 0.6) is 11.5 Å². The molecule has 0 fully saturated rings. The molecule has 0 saturated heterocycles. The molecule has 6 heteroatoms. The second-order valence-electron chi connectivity index (χ2n) is 5.61. The molecule has 0 aliphatic carbocycles. The summed E-state index contributed by atoms with van der Waals surface area (Å²) in [6.07, 6.45) is 3.07. The number of nitrogens with zero attached hydrogens (tertiary/aromatic N) is 1. The Hall–Kier alpha value is -2.76. The van der Waals surface area contributed by atoms with E-state index in [0.717, 1.165) is 11.1 Å². The first-order valence-electron chi connectivity index (χ1n) is 8.00. The van der Waals surface area contributed by atoms with Gasteiger partial charge in [-0.3, -0.25) is 4.79 Å². The minimum atomic E-state index is -0.470. The normalized spacial score (nSPS) is 15.8. The second-order valence-corrected chi connectivity index (χ2v) is 5.61. The topological polar surface area (TPSA) is 65.1 Å². The van der Waals surface area contributed by atoms with Gasteiger partial charge in [0, 0.05) is 13.0 Å². The Kier molecular flexibility index (Phi) is 6.22. The van der Waals surface area contributed by atoms with Gasteiger partial charge in [-0.15, -0.1) is 0 Å². The molecule has 0 N–H and O–H groups in total. The average molecular weight is 345 g/mol. The average Bonchev–Trinajstić information content (AvgIpc) is 2.64. The summed E-state index contributed by atoms with van der Waals surface area (Å²) in [6.45, 7) is 7.64. The summed E-state index contributed by atoms with van der Waals surface area (Å²) in [5.74, 6) is 1.03. The van der Waals surface area contributed by atoms with Gasteiger partial charge >= 0.3 is 6.09 Å². The Morgan fingerprint density at radius 3 is 2.52 bits per heavy atom. The molecule has 134 valence electrons. The Morgan fingerprint density at radius 1 is 1.24 bits per heavy atom. The second kappa shape index (κ2) is 8.37. The van der Waals surface area contributed by atoms with Crippen molar-refractivity contribution in [1.29, 1.82) is 0 Å². The van der Waals surface area contributed by atoms with Gasteiger partial charge in [0.2, 0.25) is 0 Å². The van der Waals surface area contributed by atoms with Gasteiger partial charge in [0.25, 0.3) is 0 Å². The van der Waals surface area contributed by atoms with Crippen molar-refractivity contribution in [3.63, 3.8) is 0 Å². The predicted molar refractivity (Wildman–Crippen MR) is 94.1 cm³/mol. The van der Waals surface area contributed by atoms with Crippen molar-refractivity contribution in [2.45, 2.75) is 18.9 Å². The molecule has 0 spiro atoms. The highest BCUT2D eigenvalue weighted by atomic mass is 16.6. The van der Waals surface area contributed by atoms with Gasteiger partial charge < -0.3 is 19.1 Å². The van der Waals surface area contributed by atoms with Gasteiger partial charge in [-0.1, -0.05) is 19.2 Å². The van der Waals surface area contributed by atoms with Crippen LogP contribution in [-0.4, -0.2) is 44.1 Å². The summed E-state index contributed by atoms with van der Waals surface area (Å²) >= 11 is 0. The van der Waals surface area contributed by atoms with Gasteiger partial charge in [-0.25, -0.2) is 4.79 Å². The standard InChI is InChI=1S/C19H23NO5/c1-5-9-25-19(22)20-8-7-13-10-17(23-3)18(24-4)12-15(13)16(20)11-14(21)6-2/h5-6,10,12,16H,1-2,7-9,11H2,3-4H3/t16-/m0/s1. The number of ether oxygens (including phenoxy) is 3. The molecule has 0 saturated carbocycles. The van der Waals surface area contributed by atoms with Gasteiger partial charge in [0.15, 0.2) is 17.3 Å². The zero-order valence-corrected chi connectivity index (χ0v) is 14.6. The summed E-state index contributed by atoms with van der Waals surface area (Å²) in [7, 11) is 3.12. The molecule has 25 heavy (non-hydrogen) atoms.